The van der Waals surface area contributed by atoms with Crippen molar-refractivity contribution >= 4 is 23.2 Å². The summed E-state index contributed by atoms with van der Waals surface area (Å²) >= 11 is 0. The Balaban J connectivity index is 2.38. The molecule has 3 rings (SSSR count). The number of hydrogen-bond donors (Lipinski definition) is 0. The van der Waals surface area contributed by atoms with Crippen LogP contribution >= 0.6 is 7.26 Å². The molecule has 23 heavy (non-hydrogen) atoms. The maximum Gasteiger partial charge on any atom is 0.136 e. The summed E-state index contributed by atoms with van der Waals surface area (Å²) in [5.41, 5.74) is 0. The minimum atomic E-state index is -2.08. The Labute approximate surface area is 138 Å². The van der Waals surface area contributed by atoms with E-state index >= 15 is 0 Å². The van der Waals surface area contributed by atoms with Crippen LogP contribution in [0.2, 0.25) is 0 Å². The van der Waals surface area contributed by atoms with E-state index in [0.29, 0.717) is 0 Å². The van der Waals surface area contributed by atoms with Crippen LogP contribution < -0.4 is 21.0 Å². The third kappa shape index (κ3) is 3.06. The molecule has 0 aliphatic rings. The Morgan fingerprint density at radius 1 is 0.652 bits per heavy atom. The van der Waals surface area contributed by atoms with E-state index in [-0.39, 0.29) is 5.76 Å². The molecule has 0 amide bonds. The summed E-state index contributed by atoms with van der Waals surface area (Å²) in [5, 5.41) is 15.8. The number of rotatable bonds is 4. The molecule has 0 N–H and O–H groups in total. The van der Waals surface area contributed by atoms with E-state index in [1.807, 2.05) is 60.4 Å². The molecule has 1 nitrogen and oxygen atoms in total. The van der Waals surface area contributed by atoms with Gasteiger partial charge in [0.25, 0.3) is 0 Å². The summed E-state index contributed by atoms with van der Waals surface area (Å²) in [6.07, 6.45) is 0. The standard InChI is InChI=1S/C21H19OP/c1-18(22)17-23(19-11-5-2-6-12-19,20-13-7-3-8-14-20)21-15-9-4-10-16-21/h2-17H,1H3/b18-17+. The third-order valence-electron chi connectivity index (χ3n) is 3.87. The van der Waals surface area contributed by atoms with Gasteiger partial charge in [-0.15, -0.1) is 0 Å². The van der Waals surface area contributed by atoms with Crippen LogP contribution in [0.1, 0.15) is 6.92 Å². The molecule has 0 aromatic heterocycles. The van der Waals surface area contributed by atoms with Gasteiger partial charge >= 0.3 is 0 Å². The van der Waals surface area contributed by atoms with Gasteiger partial charge in [-0.05, 0) is 36.4 Å². The normalized spacial score (nSPS) is 12.1. The quantitative estimate of drug-likeness (QED) is 0.535. The van der Waals surface area contributed by atoms with Crippen molar-refractivity contribution in [2.45, 2.75) is 6.92 Å². The van der Waals surface area contributed by atoms with Gasteiger partial charge in [0.15, 0.2) is 0 Å². The molecular formula is C21H19OP. The molecule has 0 saturated heterocycles. The van der Waals surface area contributed by atoms with Gasteiger partial charge in [-0.3, -0.25) is 0 Å². The van der Waals surface area contributed by atoms with Crippen LogP contribution in [0.15, 0.2) is 103 Å². The van der Waals surface area contributed by atoms with Gasteiger partial charge in [-0.2, -0.15) is 0 Å². The fraction of sp³-hybridized carbons (Fsp3) is 0.0476. The van der Waals surface area contributed by atoms with Crippen molar-refractivity contribution in [3.63, 3.8) is 0 Å². The lowest BCUT2D eigenvalue weighted by Gasteiger charge is -2.25. The van der Waals surface area contributed by atoms with E-state index < -0.39 is 7.26 Å². The van der Waals surface area contributed by atoms with Crippen LogP contribution in [0, 0.1) is 0 Å². The zero-order valence-electron chi connectivity index (χ0n) is 13.1. The third-order valence-corrected chi connectivity index (χ3v) is 7.95. The average molecular weight is 318 g/mol. The van der Waals surface area contributed by atoms with Gasteiger partial charge in [-0.25, -0.2) is 0 Å². The minimum absolute atomic E-state index is 0.106. The Morgan fingerprint density at radius 2 is 0.957 bits per heavy atom. The maximum atomic E-state index is 12.2. The van der Waals surface area contributed by atoms with Crippen LogP contribution in [0.4, 0.5) is 0 Å². The second-order valence-electron chi connectivity index (χ2n) is 5.47. The fourth-order valence-electron chi connectivity index (χ4n) is 2.93. The van der Waals surface area contributed by atoms with Crippen molar-refractivity contribution in [3.8, 4) is 0 Å². The molecule has 0 bridgehead atoms. The minimum Gasteiger partial charge on any atom is -0.873 e. The molecule has 0 spiro atoms. The smallest absolute Gasteiger partial charge is 0.136 e. The average Bonchev–Trinajstić information content (AvgIpc) is 2.62. The number of allylic oxidation sites excluding steroid dienone is 1. The Morgan fingerprint density at radius 3 is 1.22 bits per heavy atom. The van der Waals surface area contributed by atoms with Crippen LogP contribution in [-0.2, 0) is 0 Å². The first-order chi connectivity index (χ1) is 11.2. The van der Waals surface area contributed by atoms with Gasteiger partial charge < -0.3 is 5.11 Å². The highest BCUT2D eigenvalue weighted by Gasteiger charge is 2.42. The lowest BCUT2D eigenvalue weighted by Crippen LogP contribution is -2.30. The summed E-state index contributed by atoms with van der Waals surface area (Å²) in [4.78, 5) is 0. The second kappa shape index (κ2) is 6.81. The highest BCUT2D eigenvalue weighted by molar-refractivity contribution is 7.98. The monoisotopic (exact) mass is 318 g/mol. The lowest BCUT2D eigenvalue weighted by atomic mass is 10.4. The van der Waals surface area contributed by atoms with Crippen LogP contribution in [-0.4, -0.2) is 0 Å². The molecule has 0 aliphatic carbocycles. The molecule has 0 atom stereocenters. The maximum absolute atomic E-state index is 12.2. The molecule has 114 valence electrons. The highest BCUT2D eigenvalue weighted by Crippen LogP contribution is 2.57. The van der Waals surface area contributed by atoms with Gasteiger partial charge in [0, 0.05) is 0 Å². The van der Waals surface area contributed by atoms with Crippen LogP contribution in [0.3, 0.4) is 0 Å². The fourth-order valence-corrected chi connectivity index (χ4v) is 6.75. The van der Waals surface area contributed by atoms with E-state index in [4.69, 9.17) is 0 Å². The molecular weight excluding hydrogens is 299 g/mol. The van der Waals surface area contributed by atoms with E-state index in [9.17, 15) is 5.11 Å². The molecule has 0 aliphatic heterocycles. The first-order valence-electron chi connectivity index (χ1n) is 7.65. The Kier molecular flexibility index (Phi) is 4.60. The summed E-state index contributed by atoms with van der Waals surface area (Å²) in [5.74, 6) is 2.04. The van der Waals surface area contributed by atoms with Crippen molar-refractivity contribution in [2.75, 3.05) is 0 Å². The zero-order valence-corrected chi connectivity index (χ0v) is 14.0. The van der Waals surface area contributed by atoms with Crippen LogP contribution in [0.25, 0.3) is 0 Å². The molecule has 0 saturated carbocycles. The molecule has 3 aromatic carbocycles. The molecule has 0 heterocycles. The van der Waals surface area contributed by atoms with E-state index in [2.05, 4.69) is 36.4 Å². The van der Waals surface area contributed by atoms with Gasteiger partial charge in [0.2, 0.25) is 0 Å². The summed E-state index contributed by atoms with van der Waals surface area (Å²) in [7, 11) is -2.08. The molecule has 0 fully saturated rings. The van der Waals surface area contributed by atoms with Gasteiger partial charge in [-0.1, -0.05) is 67.3 Å². The van der Waals surface area contributed by atoms with E-state index in [1.54, 1.807) is 6.92 Å². The van der Waals surface area contributed by atoms with E-state index in [0.717, 1.165) is 0 Å². The summed E-state index contributed by atoms with van der Waals surface area (Å²) < 4.78 is 0. The Bertz CT molecular complexity index is 679. The van der Waals surface area contributed by atoms with E-state index in [1.165, 1.54) is 15.9 Å². The van der Waals surface area contributed by atoms with Crippen molar-refractivity contribution in [1.29, 1.82) is 0 Å². The summed E-state index contributed by atoms with van der Waals surface area (Å²) in [6, 6.07) is 31.1. The largest absolute Gasteiger partial charge is 0.873 e. The van der Waals surface area contributed by atoms with Crippen molar-refractivity contribution < 1.29 is 5.11 Å². The molecule has 2 heteroatoms. The highest BCUT2D eigenvalue weighted by atomic mass is 31.2. The van der Waals surface area contributed by atoms with Crippen molar-refractivity contribution in [1.82, 2.24) is 0 Å². The molecule has 0 radical (unpaired) electrons. The first-order valence-corrected chi connectivity index (χ1v) is 9.51. The van der Waals surface area contributed by atoms with Gasteiger partial charge in [0.1, 0.15) is 23.2 Å². The molecule has 3 aromatic rings. The van der Waals surface area contributed by atoms with Crippen LogP contribution in [0.5, 0.6) is 0 Å². The lowest BCUT2D eigenvalue weighted by molar-refractivity contribution is -0.301. The number of hydrogen-bond acceptors (Lipinski definition) is 1. The van der Waals surface area contributed by atoms with Crippen molar-refractivity contribution in [2.24, 2.45) is 0 Å². The summed E-state index contributed by atoms with van der Waals surface area (Å²) in [6.45, 7) is 1.64. The zero-order chi connectivity index (χ0) is 16.1. The molecule has 0 unspecified atom stereocenters. The SMILES string of the molecule is C/C([O-])=C\[P+](c1ccccc1)(c1ccccc1)c1ccccc1. The van der Waals surface area contributed by atoms with Gasteiger partial charge in [0.05, 0.1) is 5.82 Å². The topological polar surface area (TPSA) is 23.1 Å². The predicted molar refractivity (Wildman–Crippen MR) is 98.9 cm³/mol. The Hall–Kier alpha value is -2.37. The van der Waals surface area contributed by atoms with Crippen molar-refractivity contribution in [3.05, 3.63) is 103 Å². The predicted octanol–water partition coefficient (Wildman–Crippen LogP) is 3.20. The first kappa shape index (κ1) is 15.5. The number of benzene rings is 3. The second-order valence-corrected chi connectivity index (χ2v) is 8.72.